The molecule has 0 aromatic carbocycles. The Morgan fingerprint density at radius 1 is 1.38 bits per heavy atom. The van der Waals surface area contributed by atoms with Crippen molar-refractivity contribution < 1.29 is 9.90 Å². The van der Waals surface area contributed by atoms with E-state index in [0.717, 1.165) is 18.8 Å². The largest absolute Gasteiger partial charge is 0.480 e. The fourth-order valence-electron chi connectivity index (χ4n) is 2.81. The maximum absolute atomic E-state index is 11.0. The summed E-state index contributed by atoms with van der Waals surface area (Å²) in [6.07, 6.45) is 7.03. The Hall–Kier alpha value is -1.40. The number of carbonyl (C=O) groups is 1. The van der Waals surface area contributed by atoms with Crippen LogP contribution in [0.15, 0.2) is 12.3 Å². The molecule has 118 valence electrons. The minimum atomic E-state index is -0.788. The molecule has 1 fully saturated rings. The predicted octanol–water partition coefficient (Wildman–Crippen LogP) is 1.45. The van der Waals surface area contributed by atoms with Crippen LogP contribution in [0.1, 0.15) is 37.4 Å². The average Bonchev–Trinajstić information content (AvgIpc) is 3.05. The first-order chi connectivity index (χ1) is 10.0. The van der Waals surface area contributed by atoms with E-state index >= 15 is 0 Å². The van der Waals surface area contributed by atoms with E-state index in [0.29, 0.717) is 12.6 Å². The molecule has 6 heteroatoms. The van der Waals surface area contributed by atoms with Crippen LogP contribution < -0.4 is 0 Å². The fourth-order valence-corrected chi connectivity index (χ4v) is 2.81. The van der Waals surface area contributed by atoms with Crippen molar-refractivity contribution in [2.24, 2.45) is 0 Å². The van der Waals surface area contributed by atoms with Gasteiger partial charge in [0.15, 0.2) is 0 Å². The summed E-state index contributed by atoms with van der Waals surface area (Å²) in [4.78, 5) is 15.0. The molecule has 1 aromatic rings. The van der Waals surface area contributed by atoms with Crippen LogP contribution in [0.2, 0.25) is 0 Å². The summed E-state index contributed by atoms with van der Waals surface area (Å²) in [5, 5.41) is 13.7. The van der Waals surface area contributed by atoms with E-state index in [9.17, 15) is 4.79 Å². The highest BCUT2D eigenvalue weighted by Crippen LogP contribution is 2.28. The van der Waals surface area contributed by atoms with Gasteiger partial charge in [-0.2, -0.15) is 5.10 Å². The molecular formula is C15H26N4O2. The Kier molecular flexibility index (Phi) is 5.76. The van der Waals surface area contributed by atoms with Crippen LogP contribution in [0.25, 0.3) is 0 Å². The van der Waals surface area contributed by atoms with Crippen LogP contribution in [-0.2, 0) is 11.3 Å². The molecule has 1 N–H and O–H groups in total. The first-order valence-electron chi connectivity index (χ1n) is 7.67. The Balaban J connectivity index is 1.93. The Morgan fingerprint density at radius 2 is 2.10 bits per heavy atom. The molecule has 0 atom stereocenters. The van der Waals surface area contributed by atoms with Crippen LogP contribution in [0, 0.1) is 0 Å². The Morgan fingerprint density at radius 3 is 2.71 bits per heavy atom. The molecule has 1 heterocycles. The smallest absolute Gasteiger partial charge is 0.317 e. The summed E-state index contributed by atoms with van der Waals surface area (Å²) in [7, 11) is 3.99. The van der Waals surface area contributed by atoms with Gasteiger partial charge in [0.2, 0.25) is 0 Å². The van der Waals surface area contributed by atoms with Crippen LogP contribution in [-0.4, -0.2) is 64.4 Å². The summed E-state index contributed by atoms with van der Waals surface area (Å²) < 4.78 is 2.06. The number of nitrogens with zero attached hydrogens (tertiary/aromatic N) is 4. The van der Waals surface area contributed by atoms with Crippen molar-refractivity contribution >= 4 is 5.97 Å². The molecule has 0 bridgehead atoms. The molecule has 0 spiro atoms. The van der Waals surface area contributed by atoms with Crippen molar-refractivity contribution in [3.63, 3.8) is 0 Å². The third-order valence-corrected chi connectivity index (χ3v) is 3.97. The normalized spacial score (nSPS) is 16.2. The van der Waals surface area contributed by atoms with Gasteiger partial charge in [0.25, 0.3) is 0 Å². The van der Waals surface area contributed by atoms with Crippen molar-refractivity contribution in [3.8, 4) is 0 Å². The number of aromatic nitrogens is 2. The lowest BCUT2D eigenvalue weighted by Crippen LogP contribution is -2.35. The SMILES string of the molecule is CN(C)CCN(CC(=O)O)Cc1ccn(C2CCCC2)n1. The van der Waals surface area contributed by atoms with Crippen molar-refractivity contribution in [2.45, 2.75) is 38.3 Å². The van der Waals surface area contributed by atoms with Crippen molar-refractivity contribution in [1.82, 2.24) is 19.6 Å². The molecule has 1 aliphatic carbocycles. The van der Waals surface area contributed by atoms with Gasteiger partial charge in [-0.15, -0.1) is 0 Å². The van der Waals surface area contributed by atoms with Gasteiger partial charge >= 0.3 is 5.97 Å². The van der Waals surface area contributed by atoms with E-state index in [2.05, 4.69) is 14.7 Å². The van der Waals surface area contributed by atoms with Gasteiger partial charge in [-0.05, 0) is 33.0 Å². The number of carboxylic acid groups (broad SMARTS) is 1. The maximum atomic E-state index is 11.0. The molecular weight excluding hydrogens is 268 g/mol. The molecule has 0 amide bonds. The van der Waals surface area contributed by atoms with Gasteiger partial charge < -0.3 is 10.0 Å². The second-order valence-electron chi connectivity index (χ2n) is 6.13. The summed E-state index contributed by atoms with van der Waals surface area (Å²) in [6.45, 7) is 2.23. The summed E-state index contributed by atoms with van der Waals surface area (Å²) in [6, 6.07) is 2.55. The standard InChI is InChI=1S/C15H26N4O2/c1-17(2)9-10-18(12-15(20)21)11-13-7-8-19(16-13)14-5-3-4-6-14/h7-8,14H,3-6,9-12H2,1-2H3,(H,20,21). The summed E-state index contributed by atoms with van der Waals surface area (Å²) >= 11 is 0. The Labute approximate surface area is 126 Å². The second kappa shape index (κ2) is 7.56. The highest BCUT2D eigenvalue weighted by molar-refractivity contribution is 5.69. The summed E-state index contributed by atoms with van der Waals surface area (Å²) in [5.74, 6) is -0.788. The quantitative estimate of drug-likeness (QED) is 0.786. The molecule has 0 radical (unpaired) electrons. The minimum absolute atomic E-state index is 0.0597. The zero-order valence-corrected chi connectivity index (χ0v) is 13.0. The van der Waals surface area contributed by atoms with Crippen molar-refractivity contribution in [1.29, 1.82) is 0 Å². The van der Waals surface area contributed by atoms with Crippen molar-refractivity contribution in [3.05, 3.63) is 18.0 Å². The molecule has 0 saturated heterocycles. The van der Waals surface area contributed by atoms with Gasteiger partial charge in [-0.25, -0.2) is 0 Å². The minimum Gasteiger partial charge on any atom is -0.480 e. The van der Waals surface area contributed by atoms with E-state index in [1.807, 2.05) is 31.3 Å². The number of aliphatic carboxylic acids is 1. The second-order valence-corrected chi connectivity index (χ2v) is 6.13. The van der Waals surface area contributed by atoms with Crippen LogP contribution in [0.4, 0.5) is 0 Å². The van der Waals surface area contributed by atoms with Crippen LogP contribution >= 0.6 is 0 Å². The third kappa shape index (κ3) is 5.13. The predicted molar refractivity (Wildman–Crippen MR) is 81.2 cm³/mol. The molecule has 2 rings (SSSR count). The number of hydrogen-bond donors (Lipinski definition) is 1. The number of likely N-dealkylation sites (N-methyl/N-ethyl adjacent to an activating group) is 1. The Bertz CT molecular complexity index is 452. The van der Waals surface area contributed by atoms with Gasteiger partial charge in [0.05, 0.1) is 18.3 Å². The molecule has 1 aliphatic rings. The van der Waals surface area contributed by atoms with E-state index in [1.54, 1.807) is 0 Å². The van der Waals surface area contributed by atoms with Crippen LogP contribution in [0.5, 0.6) is 0 Å². The molecule has 6 nitrogen and oxygen atoms in total. The molecule has 21 heavy (non-hydrogen) atoms. The fraction of sp³-hybridized carbons (Fsp3) is 0.733. The van der Waals surface area contributed by atoms with Gasteiger partial charge in [-0.3, -0.25) is 14.4 Å². The highest BCUT2D eigenvalue weighted by atomic mass is 16.4. The average molecular weight is 294 g/mol. The monoisotopic (exact) mass is 294 g/mol. The molecule has 0 unspecified atom stereocenters. The zero-order chi connectivity index (χ0) is 15.2. The van der Waals surface area contributed by atoms with Gasteiger partial charge in [-0.1, -0.05) is 12.8 Å². The number of rotatable bonds is 8. The maximum Gasteiger partial charge on any atom is 0.317 e. The lowest BCUT2D eigenvalue weighted by molar-refractivity contribution is -0.138. The van der Waals surface area contributed by atoms with Crippen LogP contribution in [0.3, 0.4) is 0 Å². The first-order valence-corrected chi connectivity index (χ1v) is 7.67. The van der Waals surface area contributed by atoms with Crippen molar-refractivity contribution in [2.75, 3.05) is 33.7 Å². The number of hydrogen-bond acceptors (Lipinski definition) is 4. The van der Waals surface area contributed by atoms with E-state index in [4.69, 9.17) is 5.11 Å². The molecule has 0 aliphatic heterocycles. The van der Waals surface area contributed by atoms with Gasteiger partial charge in [0.1, 0.15) is 0 Å². The number of carboxylic acids is 1. The lowest BCUT2D eigenvalue weighted by atomic mass is 10.3. The van der Waals surface area contributed by atoms with Gasteiger partial charge in [0, 0.05) is 25.8 Å². The summed E-state index contributed by atoms with van der Waals surface area (Å²) in [5.41, 5.74) is 0.960. The molecule has 1 saturated carbocycles. The zero-order valence-electron chi connectivity index (χ0n) is 13.0. The highest BCUT2D eigenvalue weighted by Gasteiger charge is 2.18. The lowest BCUT2D eigenvalue weighted by Gasteiger charge is -2.21. The van der Waals surface area contributed by atoms with E-state index in [-0.39, 0.29) is 6.54 Å². The topological polar surface area (TPSA) is 61.6 Å². The first kappa shape index (κ1) is 16.0. The molecule has 1 aromatic heterocycles. The van der Waals surface area contributed by atoms with E-state index < -0.39 is 5.97 Å². The third-order valence-electron chi connectivity index (χ3n) is 3.97. The van der Waals surface area contributed by atoms with E-state index in [1.165, 1.54) is 25.7 Å².